The van der Waals surface area contributed by atoms with Gasteiger partial charge in [0.2, 0.25) is 0 Å². The summed E-state index contributed by atoms with van der Waals surface area (Å²) in [7, 11) is 2.15. The van der Waals surface area contributed by atoms with Crippen LogP contribution in [0.1, 0.15) is 42.0 Å². The first kappa shape index (κ1) is 19.9. The molecule has 0 amide bonds. The van der Waals surface area contributed by atoms with E-state index >= 15 is 0 Å². The molecule has 0 radical (unpaired) electrons. The lowest BCUT2D eigenvalue weighted by atomic mass is 10.0. The number of anilines is 1. The summed E-state index contributed by atoms with van der Waals surface area (Å²) >= 11 is 0. The minimum atomic E-state index is 0.728. The standard InChI is InChI=1S/C25H29N3/c1-5-6-13-28(27(4)18-21-15-19(2)14-20(3)16-21)25-12-11-22(17-26)23-9-7-8-10-24(23)25/h7-12,14-16H,5-6,13,18H2,1-4H3. The summed E-state index contributed by atoms with van der Waals surface area (Å²) in [6, 6.07) is 21.3. The maximum atomic E-state index is 9.49. The van der Waals surface area contributed by atoms with Crippen molar-refractivity contribution in [3.05, 3.63) is 76.9 Å². The molecule has 0 saturated heterocycles. The van der Waals surface area contributed by atoms with E-state index in [0.717, 1.165) is 48.0 Å². The Bertz CT molecular complexity index is 980. The number of benzene rings is 3. The number of hydrogen-bond acceptors (Lipinski definition) is 3. The lowest BCUT2D eigenvalue weighted by molar-refractivity contribution is 0.294. The van der Waals surface area contributed by atoms with Crippen LogP contribution in [0.2, 0.25) is 0 Å². The monoisotopic (exact) mass is 371 g/mol. The zero-order chi connectivity index (χ0) is 20.1. The highest BCUT2D eigenvalue weighted by atomic mass is 15.6. The Kier molecular flexibility index (Phi) is 6.34. The van der Waals surface area contributed by atoms with Crippen LogP contribution in [-0.4, -0.2) is 18.6 Å². The van der Waals surface area contributed by atoms with Crippen LogP contribution in [0.4, 0.5) is 5.69 Å². The maximum Gasteiger partial charge on any atom is 0.0998 e. The van der Waals surface area contributed by atoms with E-state index in [9.17, 15) is 5.26 Å². The van der Waals surface area contributed by atoms with Crippen LogP contribution in [0.25, 0.3) is 10.8 Å². The molecule has 0 heterocycles. The second-order valence-electron chi connectivity index (χ2n) is 7.58. The number of nitriles is 1. The molecule has 0 bridgehead atoms. The van der Waals surface area contributed by atoms with Crippen molar-refractivity contribution in [1.29, 1.82) is 5.26 Å². The third-order valence-corrected chi connectivity index (χ3v) is 5.13. The summed E-state index contributed by atoms with van der Waals surface area (Å²) in [5.41, 5.74) is 5.81. The highest BCUT2D eigenvalue weighted by Gasteiger charge is 2.16. The SMILES string of the molecule is CCCCN(c1ccc(C#N)c2ccccc12)N(C)Cc1cc(C)cc(C)c1. The Hall–Kier alpha value is -2.83. The van der Waals surface area contributed by atoms with E-state index in [4.69, 9.17) is 0 Å². The van der Waals surface area contributed by atoms with Crippen LogP contribution >= 0.6 is 0 Å². The first-order valence-corrected chi connectivity index (χ1v) is 10.0. The van der Waals surface area contributed by atoms with Crippen molar-refractivity contribution in [2.45, 2.75) is 40.2 Å². The van der Waals surface area contributed by atoms with Gasteiger partial charge in [0.25, 0.3) is 0 Å². The Labute approximate surface area is 168 Å². The Morgan fingerprint density at radius 3 is 2.25 bits per heavy atom. The van der Waals surface area contributed by atoms with Gasteiger partial charge in [-0.15, -0.1) is 0 Å². The zero-order valence-corrected chi connectivity index (χ0v) is 17.4. The van der Waals surface area contributed by atoms with E-state index < -0.39 is 0 Å². The second-order valence-corrected chi connectivity index (χ2v) is 7.58. The number of rotatable bonds is 7. The Morgan fingerprint density at radius 2 is 1.61 bits per heavy atom. The van der Waals surface area contributed by atoms with Crippen molar-refractivity contribution in [2.24, 2.45) is 0 Å². The fraction of sp³-hybridized carbons (Fsp3) is 0.320. The number of fused-ring (bicyclic) bond motifs is 1. The molecule has 0 unspecified atom stereocenters. The Morgan fingerprint density at radius 1 is 0.929 bits per heavy atom. The summed E-state index contributed by atoms with van der Waals surface area (Å²) in [5.74, 6) is 0. The first-order valence-electron chi connectivity index (χ1n) is 10.0. The molecule has 0 spiro atoms. The normalized spacial score (nSPS) is 11.0. The van der Waals surface area contributed by atoms with Crippen molar-refractivity contribution >= 4 is 16.5 Å². The van der Waals surface area contributed by atoms with Gasteiger partial charge in [0, 0.05) is 30.9 Å². The molecule has 0 fully saturated rings. The summed E-state index contributed by atoms with van der Waals surface area (Å²) in [6.07, 6.45) is 2.26. The lowest BCUT2D eigenvalue weighted by Crippen LogP contribution is -2.40. The molecule has 3 aromatic rings. The van der Waals surface area contributed by atoms with Crippen molar-refractivity contribution in [2.75, 3.05) is 18.6 Å². The molecule has 0 aliphatic carbocycles. The number of aryl methyl sites for hydroxylation is 2. The highest BCUT2D eigenvalue weighted by Crippen LogP contribution is 2.31. The minimum Gasteiger partial charge on any atom is -0.305 e. The van der Waals surface area contributed by atoms with E-state index in [-0.39, 0.29) is 0 Å². The number of hydrazine groups is 1. The third-order valence-electron chi connectivity index (χ3n) is 5.13. The topological polar surface area (TPSA) is 30.3 Å². The summed E-state index contributed by atoms with van der Waals surface area (Å²) in [5, 5.41) is 16.3. The first-order chi connectivity index (χ1) is 13.5. The molecule has 3 heteroatoms. The predicted molar refractivity (Wildman–Crippen MR) is 118 cm³/mol. The number of unbranched alkanes of at least 4 members (excludes halogenated alkanes) is 1. The van der Waals surface area contributed by atoms with Gasteiger partial charge in [-0.25, -0.2) is 5.01 Å². The molecule has 0 saturated carbocycles. The molecule has 0 aliphatic heterocycles. The fourth-order valence-corrected chi connectivity index (χ4v) is 3.90. The third kappa shape index (κ3) is 4.35. The van der Waals surface area contributed by atoms with E-state index in [2.05, 4.69) is 80.3 Å². The molecular formula is C25H29N3. The van der Waals surface area contributed by atoms with Gasteiger partial charge in [-0.3, -0.25) is 0 Å². The van der Waals surface area contributed by atoms with Gasteiger partial charge < -0.3 is 5.01 Å². The van der Waals surface area contributed by atoms with Crippen LogP contribution in [0.3, 0.4) is 0 Å². The fourth-order valence-electron chi connectivity index (χ4n) is 3.90. The average molecular weight is 372 g/mol. The average Bonchev–Trinajstić information content (AvgIpc) is 2.67. The van der Waals surface area contributed by atoms with Crippen LogP contribution in [0.15, 0.2) is 54.6 Å². The second kappa shape index (κ2) is 8.91. The van der Waals surface area contributed by atoms with Crippen LogP contribution in [0.5, 0.6) is 0 Å². The molecule has 0 N–H and O–H groups in total. The largest absolute Gasteiger partial charge is 0.305 e. The van der Waals surface area contributed by atoms with Gasteiger partial charge in [-0.05, 0) is 38.0 Å². The van der Waals surface area contributed by atoms with E-state index in [0.29, 0.717) is 0 Å². The maximum absolute atomic E-state index is 9.49. The van der Waals surface area contributed by atoms with Crippen LogP contribution < -0.4 is 5.01 Å². The molecule has 0 aliphatic rings. The smallest absolute Gasteiger partial charge is 0.0998 e. The molecule has 0 aromatic heterocycles. The minimum absolute atomic E-state index is 0.728. The molecule has 3 rings (SSSR count). The van der Waals surface area contributed by atoms with E-state index in [1.807, 2.05) is 18.2 Å². The summed E-state index contributed by atoms with van der Waals surface area (Å²) in [4.78, 5) is 0. The van der Waals surface area contributed by atoms with Gasteiger partial charge in [0.1, 0.15) is 0 Å². The van der Waals surface area contributed by atoms with E-state index in [1.165, 1.54) is 16.7 Å². The van der Waals surface area contributed by atoms with Crippen molar-refractivity contribution in [3.8, 4) is 6.07 Å². The van der Waals surface area contributed by atoms with Gasteiger partial charge in [-0.2, -0.15) is 5.26 Å². The van der Waals surface area contributed by atoms with Gasteiger partial charge in [0.05, 0.1) is 17.3 Å². The molecule has 144 valence electrons. The van der Waals surface area contributed by atoms with Crippen LogP contribution in [0, 0.1) is 25.2 Å². The molecule has 3 nitrogen and oxygen atoms in total. The quantitative estimate of drug-likeness (QED) is 0.478. The van der Waals surface area contributed by atoms with Crippen LogP contribution in [-0.2, 0) is 6.54 Å². The summed E-state index contributed by atoms with van der Waals surface area (Å²) in [6.45, 7) is 8.33. The summed E-state index contributed by atoms with van der Waals surface area (Å²) < 4.78 is 0. The van der Waals surface area contributed by atoms with Crippen molar-refractivity contribution in [1.82, 2.24) is 5.01 Å². The zero-order valence-electron chi connectivity index (χ0n) is 17.4. The van der Waals surface area contributed by atoms with E-state index in [1.54, 1.807) is 0 Å². The molecule has 28 heavy (non-hydrogen) atoms. The highest BCUT2D eigenvalue weighted by molar-refractivity contribution is 5.97. The number of nitrogens with zero attached hydrogens (tertiary/aromatic N) is 3. The molecular weight excluding hydrogens is 342 g/mol. The molecule has 3 aromatic carbocycles. The molecule has 0 atom stereocenters. The van der Waals surface area contributed by atoms with Gasteiger partial charge in [0.15, 0.2) is 0 Å². The number of hydrogen-bond donors (Lipinski definition) is 0. The predicted octanol–water partition coefficient (Wildman–Crippen LogP) is 5.98. The van der Waals surface area contributed by atoms with Crippen molar-refractivity contribution in [3.63, 3.8) is 0 Å². The van der Waals surface area contributed by atoms with Gasteiger partial charge in [-0.1, -0.05) is 66.9 Å². The Balaban J connectivity index is 2.00. The van der Waals surface area contributed by atoms with Crippen molar-refractivity contribution < 1.29 is 0 Å². The lowest BCUT2D eigenvalue weighted by Gasteiger charge is -2.35. The van der Waals surface area contributed by atoms with Gasteiger partial charge >= 0.3 is 0 Å².